The van der Waals surface area contributed by atoms with Gasteiger partial charge in [-0.15, -0.1) is 0 Å². The summed E-state index contributed by atoms with van der Waals surface area (Å²) in [4.78, 5) is 0. The molecule has 0 bridgehead atoms. The van der Waals surface area contributed by atoms with Gasteiger partial charge in [-0.25, -0.2) is 0 Å². The minimum Gasteiger partial charge on any atom is -0.0795 e. The average Bonchev–Trinajstić information content (AvgIpc) is 3.04. The molecule has 0 unspecified atom stereocenters. The van der Waals surface area contributed by atoms with Crippen molar-refractivity contribution in [1.29, 1.82) is 0 Å². The van der Waals surface area contributed by atoms with E-state index in [0.29, 0.717) is 0 Å². The van der Waals surface area contributed by atoms with E-state index in [2.05, 4.69) is 48.6 Å². The molecule has 0 saturated carbocycles. The van der Waals surface area contributed by atoms with E-state index in [1.54, 1.807) is 16.7 Å². The lowest BCUT2D eigenvalue weighted by Gasteiger charge is -2.15. The molecule has 0 atom stereocenters. The number of hydrogen-bond acceptors (Lipinski definition) is 0. The number of benzene rings is 2. The number of aryl methyl sites for hydroxylation is 1. The Bertz CT molecular complexity index is 629. The fourth-order valence-electron chi connectivity index (χ4n) is 3.44. The van der Waals surface area contributed by atoms with Crippen molar-refractivity contribution in [2.45, 2.75) is 25.7 Å². The third kappa shape index (κ3) is 1.38. The summed E-state index contributed by atoms with van der Waals surface area (Å²) in [6.45, 7) is 0. The molecule has 18 heavy (non-hydrogen) atoms. The second-order valence-corrected chi connectivity index (χ2v) is 5.28. The maximum absolute atomic E-state index is 2.42. The molecule has 2 aromatic rings. The van der Waals surface area contributed by atoms with Crippen molar-refractivity contribution in [1.82, 2.24) is 0 Å². The maximum Gasteiger partial charge on any atom is -0.00819 e. The van der Waals surface area contributed by atoms with Gasteiger partial charge in [-0.05, 0) is 59.1 Å². The third-order valence-corrected chi connectivity index (χ3v) is 4.22. The molecular formula is C18H16. The van der Waals surface area contributed by atoms with Crippen molar-refractivity contribution < 1.29 is 0 Å². The number of hydrogen-bond donors (Lipinski definition) is 0. The summed E-state index contributed by atoms with van der Waals surface area (Å²) in [5, 5.41) is 0. The van der Waals surface area contributed by atoms with E-state index in [1.165, 1.54) is 36.0 Å². The molecule has 2 aliphatic carbocycles. The molecule has 0 radical (unpaired) electrons. The SMILES string of the molecule is C1=Cc2cc3c(c(-c4ccccc4)c2C1)CCC3. The second-order valence-electron chi connectivity index (χ2n) is 5.28. The molecule has 0 aliphatic heterocycles. The predicted octanol–water partition coefficient (Wildman–Crippen LogP) is 4.41. The molecule has 2 aliphatic rings. The fraction of sp³-hybridized carbons (Fsp3) is 0.222. The molecular weight excluding hydrogens is 216 g/mol. The van der Waals surface area contributed by atoms with Gasteiger partial charge in [-0.1, -0.05) is 48.6 Å². The Kier molecular flexibility index (Phi) is 2.16. The first kappa shape index (κ1) is 10.1. The summed E-state index contributed by atoms with van der Waals surface area (Å²) >= 11 is 0. The van der Waals surface area contributed by atoms with Crippen LogP contribution in [-0.4, -0.2) is 0 Å². The van der Waals surface area contributed by atoms with Gasteiger partial charge in [0.1, 0.15) is 0 Å². The number of rotatable bonds is 1. The van der Waals surface area contributed by atoms with E-state index >= 15 is 0 Å². The maximum atomic E-state index is 2.42. The van der Waals surface area contributed by atoms with Crippen molar-refractivity contribution >= 4 is 6.08 Å². The molecule has 0 heterocycles. The summed E-state index contributed by atoms with van der Waals surface area (Å²) in [6, 6.07) is 13.3. The summed E-state index contributed by atoms with van der Waals surface area (Å²) in [7, 11) is 0. The molecule has 0 spiro atoms. The highest BCUT2D eigenvalue weighted by Gasteiger charge is 2.22. The van der Waals surface area contributed by atoms with Gasteiger partial charge in [0.2, 0.25) is 0 Å². The molecule has 4 rings (SSSR count). The van der Waals surface area contributed by atoms with Crippen LogP contribution in [0.1, 0.15) is 28.7 Å². The van der Waals surface area contributed by atoms with E-state index in [-0.39, 0.29) is 0 Å². The molecule has 0 fully saturated rings. The van der Waals surface area contributed by atoms with E-state index in [9.17, 15) is 0 Å². The van der Waals surface area contributed by atoms with E-state index in [0.717, 1.165) is 6.42 Å². The summed E-state index contributed by atoms with van der Waals surface area (Å²) in [5.41, 5.74) is 9.13. The topological polar surface area (TPSA) is 0 Å². The Balaban J connectivity index is 2.03. The number of allylic oxidation sites excluding steroid dienone is 1. The normalized spacial score (nSPS) is 15.8. The van der Waals surface area contributed by atoms with Crippen LogP contribution >= 0.6 is 0 Å². The van der Waals surface area contributed by atoms with Crippen LogP contribution in [0.15, 0.2) is 42.5 Å². The average molecular weight is 232 g/mol. The van der Waals surface area contributed by atoms with Gasteiger partial charge in [-0.2, -0.15) is 0 Å². The Morgan fingerprint density at radius 3 is 2.67 bits per heavy atom. The monoisotopic (exact) mass is 232 g/mol. The molecule has 0 nitrogen and oxygen atoms in total. The van der Waals surface area contributed by atoms with Crippen molar-refractivity contribution in [3.8, 4) is 11.1 Å². The molecule has 0 aromatic heterocycles. The Morgan fingerprint density at radius 2 is 1.78 bits per heavy atom. The number of fused-ring (bicyclic) bond motifs is 2. The second kappa shape index (κ2) is 3.84. The van der Waals surface area contributed by atoms with E-state index < -0.39 is 0 Å². The van der Waals surface area contributed by atoms with Crippen LogP contribution in [0, 0.1) is 0 Å². The lowest BCUT2D eigenvalue weighted by molar-refractivity contribution is 0.912. The highest BCUT2D eigenvalue weighted by molar-refractivity contribution is 5.80. The quantitative estimate of drug-likeness (QED) is 0.683. The van der Waals surface area contributed by atoms with Gasteiger partial charge in [0.15, 0.2) is 0 Å². The Labute approximate surface area is 108 Å². The standard InChI is InChI=1S/C18H16/c1-2-6-13(7-3-1)18-16-10-4-8-14(16)12-15-9-5-11-17(15)18/h1-4,6-8,12H,5,9-11H2. The minimum absolute atomic E-state index is 1.10. The van der Waals surface area contributed by atoms with Crippen LogP contribution in [0.4, 0.5) is 0 Å². The van der Waals surface area contributed by atoms with Crippen LogP contribution in [-0.2, 0) is 19.3 Å². The molecule has 0 heteroatoms. The van der Waals surface area contributed by atoms with Gasteiger partial charge in [0.05, 0.1) is 0 Å². The minimum atomic E-state index is 1.10. The van der Waals surface area contributed by atoms with Crippen LogP contribution in [0.3, 0.4) is 0 Å². The molecule has 0 saturated heterocycles. The first-order valence-corrected chi connectivity index (χ1v) is 6.83. The molecule has 0 amide bonds. The zero-order valence-corrected chi connectivity index (χ0v) is 10.4. The van der Waals surface area contributed by atoms with E-state index in [4.69, 9.17) is 0 Å². The van der Waals surface area contributed by atoms with Crippen molar-refractivity contribution in [2.75, 3.05) is 0 Å². The largest absolute Gasteiger partial charge is 0.0795 e. The van der Waals surface area contributed by atoms with Crippen LogP contribution in [0.25, 0.3) is 17.2 Å². The van der Waals surface area contributed by atoms with Gasteiger partial charge in [0, 0.05) is 0 Å². The first-order chi connectivity index (χ1) is 8.93. The van der Waals surface area contributed by atoms with Gasteiger partial charge >= 0.3 is 0 Å². The van der Waals surface area contributed by atoms with Gasteiger partial charge in [-0.3, -0.25) is 0 Å². The van der Waals surface area contributed by atoms with Gasteiger partial charge in [0.25, 0.3) is 0 Å². The van der Waals surface area contributed by atoms with Crippen LogP contribution < -0.4 is 0 Å². The lowest BCUT2D eigenvalue weighted by Crippen LogP contribution is -1.96. The summed E-state index contributed by atoms with van der Waals surface area (Å²) in [6.07, 6.45) is 9.53. The zero-order valence-electron chi connectivity index (χ0n) is 10.4. The van der Waals surface area contributed by atoms with Gasteiger partial charge < -0.3 is 0 Å². The zero-order chi connectivity index (χ0) is 11.9. The van der Waals surface area contributed by atoms with Crippen molar-refractivity contribution in [2.24, 2.45) is 0 Å². The summed E-state index contributed by atoms with van der Waals surface area (Å²) < 4.78 is 0. The summed E-state index contributed by atoms with van der Waals surface area (Å²) in [5.74, 6) is 0. The molecule has 88 valence electrons. The van der Waals surface area contributed by atoms with Crippen molar-refractivity contribution in [3.63, 3.8) is 0 Å². The highest BCUT2D eigenvalue weighted by atomic mass is 14.3. The lowest BCUT2D eigenvalue weighted by atomic mass is 9.89. The van der Waals surface area contributed by atoms with Crippen LogP contribution in [0.5, 0.6) is 0 Å². The molecule has 2 aromatic carbocycles. The Morgan fingerprint density at radius 1 is 0.889 bits per heavy atom. The van der Waals surface area contributed by atoms with Crippen molar-refractivity contribution in [3.05, 3.63) is 64.7 Å². The first-order valence-electron chi connectivity index (χ1n) is 6.83. The predicted molar refractivity (Wildman–Crippen MR) is 76.6 cm³/mol. The smallest absolute Gasteiger partial charge is 0.00819 e. The Hall–Kier alpha value is -1.82. The van der Waals surface area contributed by atoms with E-state index in [1.807, 2.05) is 0 Å². The third-order valence-electron chi connectivity index (χ3n) is 4.22. The molecule has 0 N–H and O–H groups in total. The van der Waals surface area contributed by atoms with Crippen LogP contribution in [0.2, 0.25) is 0 Å². The fourth-order valence-corrected chi connectivity index (χ4v) is 3.44. The highest BCUT2D eigenvalue weighted by Crippen LogP contribution is 2.39.